The fraction of sp³-hybridized carbons (Fsp3) is 0.400. The molecule has 3 rings (SSSR count). The lowest BCUT2D eigenvalue weighted by Gasteiger charge is -2.34. The summed E-state index contributed by atoms with van der Waals surface area (Å²) in [6.07, 6.45) is 1.43. The van der Waals surface area contributed by atoms with Crippen LogP contribution in [0.2, 0.25) is 0 Å². The van der Waals surface area contributed by atoms with Crippen LogP contribution in [-0.4, -0.2) is 57.0 Å². The van der Waals surface area contributed by atoms with Gasteiger partial charge in [0.2, 0.25) is 10.0 Å². The summed E-state index contributed by atoms with van der Waals surface area (Å²) in [6.45, 7) is 1.97. The summed E-state index contributed by atoms with van der Waals surface area (Å²) in [5, 5.41) is 4.87. The lowest BCUT2D eigenvalue weighted by Crippen LogP contribution is -2.53. The van der Waals surface area contributed by atoms with Gasteiger partial charge in [-0.15, -0.1) is 0 Å². The standard InChI is InChI=1S/C20H24FN3O6S/c1-14-12-16(5-6-17(14)21)31(27,28)24-9-3-11-30-18(24)13-23-20(26)19(25)22-8-7-15-4-2-10-29-15/h2,4-6,10,12,18H,3,7-9,11,13H2,1H3,(H,22,25)(H,23,26)/t18-/m1/s1. The molecule has 1 aromatic carbocycles. The number of rotatable bonds is 7. The summed E-state index contributed by atoms with van der Waals surface area (Å²) in [6, 6.07) is 7.01. The minimum absolute atomic E-state index is 0.0658. The lowest BCUT2D eigenvalue weighted by atomic mass is 10.2. The van der Waals surface area contributed by atoms with Gasteiger partial charge in [0.15, 0.2) is 0 Å². The number of benzene rings is 1. The van der Waals surface area contributed by atoms with Crippen molar-refractivity contribution in [3.05, 3.63) is 53.7 Å². The van der Waals surface area contributed by atoms with E-state index in [9.17, 15) is 22.4 Å². The van der Waals surface area contributed by atoms with Gasteiger partial charge in [0.25, 0.3) is 0 Å². The van der Waals surface area contributed by atoms with Crippen molar-refractivity contribution >= 4 is 21.8 Å². The average molecular weight is 453 g/mol. The van der Waals surface area contributed by atoms with Crippen molar-refractivity contribution < 1.29 is 31.6 Å². The highest BCUT2D eigenvalue weighted by molar-refractivity contribution is 7.89. The second-order valence-electron chi connectivity index (χ2n) is 7.00. The summed E-state index contributed by atoms with van der Waals surface area (Å²) in [7, 11) is -3.98. The van der Waals surface area contributed by atoms with Gasteiger partial charge >= 0.3 is 11.8 Å². The Labute approximate surface area is 179 Å². The van der Waals surface area contributed by atoms with Gasteiger partial charge in [-0.05, 0) is 49.2 Å². The summed E-state index contributed by atoms with van der Waals surface area (Å²) in [5.74, 6) is -1.57. The number of furan rings is 1. The van der Waals surface area contributed by atoms with Crippen LogP contribution in [-0.2, 0) is 30.8 Å². The number of aryl methyl sites for hydroxylation is 1. The second-order valence-corrected chi connectivity index (χ2v) is 8.89. The van der Waals surface area contributed by atoms with Crippen molar-refractivity contribution in [2.75, 3.05) is 26.2 Å². The van der Waals surface area contributed by atoms with E-state index in [0.717, 1.165) is 10.4 Å². The third-order valence-corrected chi connectivity index (χ3v) is 6.66. The molecular weight excluding hydrogens is 429 g/mol. The highest BCUT2D eigenvalue weighted by Crippen LogP contribution is 2.23. The van der Waals surface area contributed by atoms with Crippen molar-refractivity contribution in [3.63, 3.8) is 0 Å². The number of carbonyl (C=O) groups is 2. The largest absolute Gasteiger partial charge is 0.469 e. The molecule has 0 saturated carbocycles. The topological polar surface area (TPSA) is 118 Å². The molecule has 0 radical (unpaired) electrons. The zero-order valence-electron chi connectivity index (χ0n) is 17.0. The third-order valence-electron chi connectivity index (χ3n) is 4.77. The van der Waals surface area contributed by atoms with Crippen LogP contribution in [0.25, 0.3) is 0 Å². The zero-order valence-corrected chi connectivity index (χ0v) is 17.8. The molecule has 2 amide bonds. The molecule has 9 nitrogen and oxygen atoms in total. The predicted molar refractivity (Wildman–Crippen MR) is 108 cm³/mol. The van der Waals surface area contributed by atoms with Gasteiger partial charge in [-0.25, -0.2) is 12.8 Å². The van der Waals surface area contributed by atoms with Gasteiger partial charge in [-0.1, -0.05) is 0 Å². The number of nitrogens with one attached hydrogen (secondary N) is 2. The summed E-state index contributed by atoms with van der Waals surface area (Å²) < 4.78 is 51.3. The Kier molecular flexibility index (Phi) is 7.42. The molecule has 1 saturated heterocycles. The number of hydrogen-bond donors (Lipinski definition) is 2. The van der Waals surface area contributed by atoms with Crippen LogP contribution in [0.4, 0.5) is 4.39 Å². The molecule has 168 valence electrons. The van der Waals surface area contributed by atoms with Crippen molar-refractivity contribution in [1.29, 1.82) is 0 Å². The zero-order chi connectivity index (χ0) is 22.4. The van der Waals surface area contributed by atoms with E-state index in [0.29, 0.717) is 25.2 Å². The smallest absolute Gasteiger partial charge is 0.309 e. The van der Waals surface area contributed by atoms with Crippen LogP contribution in [0.3, 0.4) is 0 Å². The number of amides is 2. The van der Waals surface area contributed by atoms with Gasteiger partial charge in [0, 0.05) is 19.5 Å². The van der Waals surface area contributed by atoms with E-state index in [2.05, 4.69) is 10.6 Å². The molecule has 0 unspecified atom stereocenters. The normalized spacial score (nSPS) is 17.3. The quantitative estimate of drug-likeness (QED) is 0.603. The van der Waals surface area contributed by atoms with E-state index in [4.69, 9.17) is 9.15 Å². The molecule has 0 spiro atoms. The monoisotopic (exact) mass is 453 g/mol. The minimum atomic E-state index is -3.98. The van der Waals surface area contributed by atoms with E-state index < -0.39 is 33.9 Å². The highest BCUT2D eigenvalue weighted by Gasteiger charge is 2.35. The maximum atomic E-state index is 13.5. The van der Waals surface area contributed by atoms with Crippen LogP contribution in [0, 0.1) is 12.7 Å². The Morgan fingerprint density at radius 3 is 2.71 bits per heavy atom. The van der Waals surface area contributed by atoms with E-state index in [-0.39, 0.29) is 30.1 Å². The number of nitrogens with zero attached hydrogens (tertiary/aromatic N) is 1. The fourth-order valence-corrected chi connectivity index (χ4v) is 4.76. The first-order valence-electron chi connectivity index (χ1n) is 9.77. The van der Waals surface area contributed by atoms with Gasteiger partial charge in [-0.2, -0.15) is 4.31 Å². The van der Waals surface area contributed by atoms with Crippen LogP contribution in [0.1, 0.15) is 17.7 Å². The SMILES string of the molecule is Cc1cc(S(=O)(=O)N2CCCO[C@@H]2CNC(=O)C(=O)NCCc2ccco2)ccc1F. The third kappa shape index (κ3) is 5.69. The van der Waals surface area contributed by atoms with Crippen LogP contribution < -0.4 is 10.6 Å². The van der Waals surface area contributed by atoms with Crippen molar-refractivity contribution in [3.8, 4) is 0 Å². The van der Waals surface area contributed by atoms with Gasteiger partial charge in [0.05, 0.1) is 24.3 Å². The molecule has 1 atom stereocenters. The van der Waals surface area contributed by atoms with E-state index in [1.165, 1.54) is 25.3 Å². The Hall–Kier alpha value is -2.76. The van der Waals surface area contributed by atoms with Crippen molar-refractivity contribution in [2.45, 2.75) is 30.9 Å². The maximum Gasteiger partial charge on any atom is 0.309 e. The Balaban J connectivity index is 1.58. The number of halogens is 1. The van der Waals surface area contributed by atoms with Crippen molar-refractivity contribution in [1.82, 2.24) is 14.9 Å². The summed E-state index contributed by atoms with van der Waals surface area (Å²) in [5.41, 5.74) is 0.204. The molecule has 31 heavy (non-hydrogen) atoms. The number of carbonyl (C=O) groups excluding carboxylic acids is 2. The molecule has 1 aromatic heterocycles. The summed E-state index contributed by atoms with van der Waals surface area (Å²) in [4.78, 5) is 24.0. The Morgan fingerprint density at radius 2 is 2.00 bits per heavy atom. The summed E-state index contributed by atoms with van der Waals surface area (Å²) >= 11 is 0. The maximum absolute atomic E-state index is 13.5. The molecule has 2 N–H and O–H groups in total. The fourth-order valence-electron chi connectivity index (χ4n) is 3.11. The first-order valence-corrected chi connectivity index (χ1v) is 11.2. The predicted octanol–water partition coefficient (Wildman–Crippen LogP) is 0.939. The van der Waals surface area contributed by atoms with E-state index in [1.54, 1.807) is 12.1 Å². The first kappa shape index (κ1) is 22.9. The highest BCUT2D eigenvalue weighted by atomic mass is 32.2. The molecular formula is C20H24FN3O6S. The van der Waals surface area contributed by atoms with Gasteiger partial charge < -0.3 is 19.8 Å². The second kappa shape index (κ2) is 10.0. The molecule has 11 heteroatoms. The van der Waals surface area contributed by atoms with Crippen molar-refractivity contribution in [2.24, 2.45) is 0 Å². The first-order chi connectivity index (χ1) is 14.8. The molecule has 2 heterocycles. The Bertz CT molecular complexity index is 1030. The molecule has 2 aromatic rings. The molecule has 1 fully saturated rings. The number of ether oxygens (including phenoxy) is 1. The van der Waals surface area contributed by atoms with Crippen LogP contribution in [0.15, 0.2) is 45.9 Å². The number of sulfonamides is 1. The molecule has 0 aliphatic carbocycles. The minimum Gasteiger partial charge on any atom is -0.469 e. The van der Waals surface area contributed by atoms with E-state index in [1.807, 2.05) is 0 Å². The number of hydrogen-bond acceptors (Lipinski definition) is 6. The molecule has 0 bridgehead atoms. The Morgan fingerprint density at radius 1 is 1.23 bits per heavy atom. The van der Waals surface area contributed by atoms with E-state index >= 15 is 0 Å². The van der Waals surface area contributed by atoms with Crippen LogP contribution >= 0.6 is 0 Å². The molecule has 1 aliphatic rings. The molecule has 1 aliphatic heterocycles. The lowest BCUT2D eigenvalue weighted by molar-refractivity contribution is -0.140. The van der Waals surface area contributed by atoms with Crippen LogP contribution in [0.5, 0.6) is 0 Å². The van der Waals surface area contributed by atoms with Gasteiger partial charge in [0.1, 0.15) is 17.8 Å². The average Bonchev–Trinajstić information content (AvgIpc) is 3.27. The van der Waals surface area contributed by atoms with Gasteiger partial charge in [-0.3, -0.25) is 9.59 Å².